The molecule has 2 aromatic rings. The van der Waals surface area contributed by atoms with E-state index in [-0.39, 0.29) is 17.8 Å². The molecule has 148 valence electrons. The van der Waals surface area contributed by atoms with Crippen molar-refractivity contribution in [1.29, 1.82) is 5.26 Å². The van der Waals surface area contributed by atoms with Crippen LogP contribution in [0.2, 0.25) is 0 Å². The summed E-state index contributed by atoms with van der Waals surface area (Å²) < 4.78 is 11.5. The molecule has 0 spiro atoms. The molecule has 1 aliphatic carbocycles. The zero-order valence-electron chi connectivity index (χ0n) is 16.8. The van der Waals surface area contributed by atoms with Crippen LogP contribution in [-0.2, 0) is 9.53 Å². The highest BCUT2D eigenvalue weighted by molar-refractivity contribution is 5.74. The highest BCUT2D eigenvalue weighted by Crippen LogP contribution is 2.42. The monoisotopic (exact) mass is 387 g/mol. The third-order valence-corrected chi connectivity index (χ3v) is 4.94. The molecule has 1 fully saturated rings. The van der Waals surface area contributed by atoms with Gasteiger partial charge in [0.2, 0.25) is 6.10 Å². The molecule has 3 rings (SSSR count). The first-order valence-corrected chi connectivity index (χ1v) is 10.0. The van der Waals surface area contributed by atoms with Crippen LogP contribution in [0, 0.1) is 40.9 Å². The summed E-state index contributed by atoms with van der Waals surface area (Å²) >= 11 is 0. The third kappa shape index (κ3) is 5.62. The molecule has 3 unspecified atom stereocenters. The van der Waals surface area contributed by atoms with Gasteiger partial charge in [0.15, 0.2) is 0 Å². The van der Waals surface area contributed by atoms with Crippen LogP contribution in [0.15, 0.2) is 54.6 Å². The predicted molar refractivity (Wildman–Crippen MR) is 111 cm³/mol. The Kier molecular flexibility index (Phi) is 6.93. The van der Waals surface area contributed by atoms with Gasteiger partial charge >= 0.3 is 5.97 Å². The first kappa shape index (κ1) is 20.5. The van der Waals surface area contributed by atoms with Crippen molar-refractivity contribution < 1.29 is 14.3 Å². The summed E-state index contributed by atoms with van der Waals surface area (Å²) in [5, 5.41) is 9.63. The number of hydrogen-bond acceptors (Lipinski definition) is 4. The van der Waals surface area contributed by atoms with Crippen molar-refractivity contribution in [2.24, 2.45) is 17.8 Å². The fourth-order valence-electron chi connectivity index (χ4n) is 3.34. The number of carbonyl (C=O) groups is 1. The van der Waals surface area contributed by atoms with Crippen molar-refractivity contribution in [1.82, 2.24) is 0 Å². The van der Waals surface area contributed by atoms with Crippen LogP contribution in [-0.4, -0.2) is 5.97 Å². The van der Waals surface area contributed by atoms with E-state index in [1.807, 2.05) is 50.2 Å². The zero-order valence-corrected chi connectivity index (χ0v) is 16.8. The van der Waals surface area contributed by atoms with Crippen molar-refractivity contribution in [3.8, 4) is 29.4 Å². The summed E-state index contributed by atoms with van der Waals surface area (Å²) in [4.78, 5) is 12.9. The van der Waals surface area contributed by atoms with E-state index < -0.39 is 6.10 Å². The van der Waals surface area contributed by atoms with Gasteiger partial charge < -0.3 is 9.47 Å². The van der Waals surface area contributed by atoms with Gasteiger partial charge in [0.25, 0.3) is 0 Å². The van der Waals surface area contributed by atoms with Crippen molar-refractivity contribution in [3.63, 3.8) is 0 Å². The molecule has 3 atom stereocenters. The van der Waals surface area contributed by atoms with Gasteiger partial charge in [-0.25, -0.2) is 0 Å². The quantitative estimate of drug-likeness (QED) is 0.454. The Morgan fingerprint density at radius 2 is 1.86 bits per heavy atom. The van der Waals surface area contributed by atoms with Crippen molar-refractivity contribution >= 4 is 5.97 Å². The molecule has 1 aliphatic rings. The van der Waals surface area contributed by atoms with Gasteiger partial charge in [0.1, 0.15) is 17.6 Å². The zero-order chi connectivity index (χ0) is 20.6. The van der Waals surface area contributed by atoms with Gasteiger partial charge in [-0.15, -0.1) is 5.92 Å². The molecule has 0 radical (unpaired) electrons. The Labute approximate surface area is 172 Å². The van der Waals surface area contributed by atoms with Gasteiger partial charge in [-0.1, -0.05) is 50.1 Å². The summed E-state index contributed by atoms with van der Waals surface area (Å²) in [6, 6.07) is 18.6. The molecular formula is C25H25NO3. The Balaban J connectivity index is 1.73. The van der Waals surface area contributed by atoms with E-state index in [1.54, 1.807) is 18.2 Å². The number of benzene rings is 2. The van der Waals surface area contributed by atoms with Crippen LogP contribution >= 0.6 is 0 Å². The van der Waals surface area contributed by atoms with Crippen LogP contribution in [0.1, 0.15) is 44.8 Å². The number of nitriles is 1. The topological polar surface area (TPSA) is 59.3 Å². The van der Waals surface area contributed by atoms with Gasteiger partial charge in [0.05, 0.1) is 5.92 Å². The number of nitrogens with zero attached hydrogens (tertiary/aromatic N) is 1. The minimum Gasteiger partial charge on any atom is -0.457 e. The molecule has 4 nitrogen and oxygen atoms in total. The molecular weight excluding hydrogens is 362 g/mol. The van der Waals surface area contributed by atoms with Gasteiger partial charge in [0, 0.05) is 17.9 Å². The highest BCUT2D eigenvalue weighted by Gasteiger charge is 2.41. The summed E-state index contributed by atoms with van der Waals surface area (Å²) in [7, 11) is 0. The largest absolute Gasteiger partial charge is 0.457 e. The number of carbonyl (C=O) groups excluding carboxylic acids is 1. The fraction of sp³-hybridized carbons (Fsp3) is 0.360. The lowest BCUT2D eigenvalue weighted by Crippen LogP contribution is -2.26. The van der Waals surface area contributed by atoms with Gasteiger partial charge in [-0.05, 0) is 43.0 Å². The summed E-state index contributed by atoms with van der Waals surface area (Å²) in [5.74, 6) is 7.09. The van der Waals surface area contributed by atoms with Crippen LogP contribution in [0.3, 0.4) is 0 Å². The number of hydrogen-bond donors (Lipinski definition) is 0. The fourth-order valence-corrected chi connectivity index (χ4v) is 3.34. The number of para-hydroxylation sites is 1. The molecule has 2 aromatic carbocycles. The van der Waals surface area contributed by atoms with E-state index in [9.17, 15) is 10.1 Å². The molecule has 0 N–H and O–H groups in total. The summed E-state index contributed by atoms with van der Waals surface area (Å²) in [5.41, 5.74) is 0.594. The maximum absolute atomic E-state index is 12.9. The summed E-state index contributed by atoms with van der Waals surface area (Å²) in [6.45, 7) is 3.95. The highest BCUT2D eigenvalue weighted by atomic mass is 16.5. The lowest BCUT2D eigenvalue weighted by atomic mass is 9.89. The normalized spacial score (nSPS) is 15.8. The number of rotatable bonds is 7. The Morgan fingerprint density at radius 3 is 2.52 bits per heavy atom. The standard InChI is InChI=1S/C25H25NO3/c1-3-4-9-18(2)24(19-14-15-19)25(27)29-23(17-26)20-10-8-13-22(16-20)28-21-11-6-5-7-12-21/h5-8,10-13,16,18-19,23-24H,3,14-15H2,1-2H3. The Bertz CT molecular complexity index is 932. The average Bonchev–Trinajstić information content (AvgIpc) is 3.56. The second kappa shape index (κ2) is 9.80. The maximum atomic E-state index is 12.9. The molecule has 0 bridgehead atoms. The van der Waals surface area contributed by atoms with E-state index in [0.29, 0.717) is 23.0 Å². The van der Waals surface area contributed by atoms with E-state index in [0.717, 1.165) is 19.3 Å². The first-order chi connectivity index (χ1) is 14.1. The molecule has 0 amide bonds. The third-order valence-electron chi connectivity index (χ3n) is 4.94. The van der Waals surface area contributed by atoms with Crippen LogP contribution in [0.5, 0.6) is 11.5 Å². The number of esters is 1. The maximum Gasteiger partial charge on any atom is 0.312 e. The molecule has 0 heterocycles. The number of ether oxygens (including phenoxy) is 2. The SMILES string of the molecule is CCC#CC(C)C(C(=O)OC(C#N)c1cccc(Oc2ccccc2)c1)C1CC1. The lowest BCUT2D eigenvalue weighted by molar-refractivity contribution is -0.153. The van der Waals surface area contributed by atoms with Gasteiger partial charge in [-0.3, -0.25) is 4.79 Å². The smallest absolute Gasteiger partial charge is 0.312 e. The van der Waals surface area contributed by atoms with E-state index in [1.165, 1.54) is 0 Å². The predicted octanol–water partition coefficient (Wildman–Crippen LogP) is 5.66. The minimum absolute atomic E-state index is 0.0814. The molecule has 4 heteroatoms. The summed E-state index contributed by atoms with van der Waals surface area (Å²) in [6.07, 6.45) is 1.80. The van der Waals surface area contributed by atoms with Crippen LogP contribution in [0.4, 0.5) is 0 Å². The molecule has 29 heavy (non-hydrogen) atoms. The van der Waals surface area contributed by atoms with Crippen molar-refractivity contribution in [2.45, 2.75) is 39.2 Å². The Hall–Kier alpha value is -3.24. The molecule has 0 aromatic heterocycles. The van der Waals surface area contributed by atoms with Crippen LogP contribution < -0.4 is 4.74 Å². The molecule has 0 saturated heterocycles. The first-order valence-electron chi connectivity index (χ1n) is 10.0. The lowest BCUT2D eigenvalue weighted by Gasteiger charge is -2.21. The van der Waals surface area contributed by atoms with E-state index in [2.05, 4.69) is 17.9 Å². The van der Waals surface area contributed by atoms with Gasteiger partial charge in [-0.2, -0.15) is 5.26 Å². The average molecular weight is 387 g/mol. The minimum atomic E-state index is -0.977. The second-order valence-corrected chi connectivity index (χ2v) is 7.26. The molecule has 0 aliphatic heterocycles. The second-order valence-electron chi connectivity index (χ2n) is 7.26. The van der Waals surface area contributed by atoms with Crippen molar-refractivity contribution in [2.75, 3.05) is 0 Å². The van der Waals surface area contributed by atoms with Crippen molar-refractivity contribution in [3.05, 3.63) is 60.2 Å². The molecule has 1 saturated carbocycles. The van der Waals surface area contributed by atoms with E-state index in [4.69, 9.17) is 9.47 Å². The van der Waals surface area contributed by atoms with E-state index >= 15 is 0 Å². The van der Waals surface area contributed by atoms with Crippen LogP contribution in [0.25, 0.3) is 0 Å². The Morgan fingerprint density at radius 1 is 1.14 bits per heavy atom.